The second-order valence-electron chi connectivity index (χ2n) is 4.48. The van der Waals surface area contributed by atoms with Gasteiger partial charge < -0.3 is 9.47 Å². The van der Waals surface area contributed by atoms with Crippen molar-refractivity contribution in [2.75, 3.05) is 7.11 Å². The van der Waals surface area contributed by atoms with Gasteiger partial charge in [-0.3, -0.25) is 4.79 Å². The van der Waals surface area contributed by atoms with Gasteiger partial charge in [-0.05, 0) is 12.5 Å². The first-order chi connectivity index (χ1) is 8.21. The van der Waals surface area contributed by atoms with Crippen molar-refractivity contribution in [3.63, 3.8) is 0 Å². The van der Waals surface area contributed by atoms with Gasteiger partial charge in [0.15, 0.2) is 0 Å². The maximum Gasteiger partial charge on any atom is 0.334 e. The molecule has 0 aromatic rings. The molecule has 0 aliphatic heterocycles. The van der Waals surface area contributed by atoms with E-state index >= 15 is 0 Å². The predicted octanol–water partition coefficient (Wildman–Crippen LogP) is 2.76. The van der Waals surface area contributed by atoms with Crippen molar-refractivity contribution in [1.29, 1.82) is 0 Å². The third-order valence-electron chi connectivity index (χ3n) is 2.21. The van der Waals surface area contributed by atoms with Crippen LogP contribution in [0.15, 0.2) is 36.1 Å². The van der Waals surface area contributed by atoms with E-state index in [0.717, 1.165) is 6.08 Å². The molecule has 0 aromatic carbocycles. The molecule has 0 heterocycles. The lowest BCUT2D eigenvalue weighted by Gasteiger charge is -2.17. The van der Waals surface area contributed by atoms with Crippen molar-refractivity contribution < 1.29 is 19.1 Å². The molecule has 0 atom stereocenters. The molecule has 0 aliphatic rings. The number of rotatable bonds is 5. The zero-order chi connectivity index (χ0) is 14.3. The van der Waals surface area contributed by atoms with E-state index in [9.17, 15) is 9.59 Å². The number of esters is 2. The monoisotopic (exact) mass is 252 g/mol. The quantitative estimate of drug-likeness (QED) is 0.248. The van der Waals surface area contributed by atoms with Gasteiger partial charge in [0.1, 0.15) is 5.76 Å². The van der Waals surface area contributed by atoms with E-state index in [1.165, 1.54) is 14.0 Å². The standard InChI is InChI=1S/C14H20O4/c1-7-14(4,5)9-10(2)12(18-11(3)15)8-13(16)17-6/h7-9H,1H2,2-6H3/b10-9-,12-8-. The number of hydrogen-bond donors (Lipinski definition) is 0. The van der Waals surface area contributed by atoms with Crippen LogP contribution in [0.4, 0.5) is 0 Å². The fraction of sp³-hybridized carbons (Fsp3) is 0.429. The molecule has 0 radical (unpaired) electrons. The molecule has 0 unspecified atom stereocenters. The molecule has 0 aliphatic carbocycles. The minimum absolute atomic E-state index is 0.185. The van der Waals surface area contributed by atoms with E-state index in [4.69, 9.17) is 4.74 Å². The zero-order valence-electron chi connectivity index (χ0n) is 11.6. The maximum atomic E-state index is 11.2. The van der Waals surface area contributed by atoms with Crippen LogP contribution < -0.4 is 0 Å². The van der Waals surface area contributed by atoms with Gasteiger partial charge in [0.2, 0.25) is 0 Å². The number of carbonyl (C=O) groups is 2. The molecular weight excluding hydrogens is 232 g/mol. The Kier molecular flexibility index (Phi) is 6.09. The SMILES string of the molecule is C=CC(C)(C)/C=C(C)\C(=C\C(=O)OC)OC(C)=O. The first-order valence-corrected chi connectivity index (χ1v) is 5.53. The molecule has 0 rings (SSSR count). The molecule has 4 nitrogen and oxygen atoms in total. The van der Waals surface area contributed by atoms with Crippen molar-refractivity contribution in [2.45, 2.75) is 27.7 Å². The minimum atomic E-state index is -0.574. The Balaban J connectivity index is 5.33. The van der Waals surface area contributed by atoms with Gasteiger partial charge in [0, 0.05) is 12.3 Å². The van der Waals surface area contributed by atoms with Crippen LogP contribution in [0.25, 0.3) is 0 Å². The van der Waals surface area contributed by atoms with E-state index in [2.05, 4.69) is 11.3 Å². The summed E-state index contributed by atoms with van der Waals surface area (Å²) in [4.78, 5) is 22.2. The number of allylic oxidation sites excluding steroid dienone is 3. The summed E-state index contributed by atoms with van der Waals surface area (Å²) in [5, 5.41) is 0. The van der Waals surface area contributed by atoms with Crippen LogP contribution in [0.1, 0.15) is 27.7 Å². The first kappa shape index (κ1) is 16.2. The molecule has 0 saturated carbocycles. The summed E-state index contributed by atoms with van der Waals surface area (Å²) in [6.45, 7) is 10.6. The average Bonchev–Trinajstić information content (AvgIpc) is 2.26. The van der Waals surface area contributed by atoms with E-state index in [1.807, 2.05) is 19.9 Å². The molecular formula is C14H20O4. The molecule has 18 heavy (non-hydrogen) atoms. The summed E-state index contributed by atoms with van der Waals surface area (Å²) in [6, 6.07) is 0. The van der Waals surface area contributed by atoms with Crippen molar-refractivity contribution in [3.05, 3.63) is 36.1 Å². The highest BCUT2D eigenvalue weighted by Gasteiger charge is 2.14. The topological polar surface area (TPSA) is 52.6 Å². The molecule has 0 amide bonds. The van der Waals surface area contributed by atoms with Crippen LogP contribution in [0.3, 0.4) is 0 Å². The Morgan fingerprint density at radius 2 is 1.78 bits per heavy atom. The normalized spacial score (nSPS) is 12.9. The van der Waals surface area contributed by atoms with E-state index in [0.29, 0.717) is 5.57 Å². The van der Waals surface area contributed by atoms with Gasteiger partial charge in [-0.15, -0.1) is 6.58 Å². The third-order valence-corrected chi connectivity index (χ3v) is 2.21. The summed E-state index contributed by atoms with van der Waals surface area (Å²) < 4.78 is 9.51. The number of methoxy groups -OCH3 is 1. The average molecular weight is 252 g/mol. The molecule has 0 saturated heterocycles. The Labute approximate surface area is 108 Å². The Bertz CT molecular complexity index is 400. The van der Waals surface area contributed by atoms with Crippen LogP contribution in [0.2, 0.25) is 0 Å². The lowest BCUT2D eigenvalue weighted by Crippen LogP contribution is -2.08. The van der Waals surface area contributed by atoms with Crippen LogP contribution in [0.5, 0.6) is 0 Å². The maximum absolute atomic E-state index is 11.2. The fourth-order valence-corrected chi connectivity index (χ4v) is 1.23. The molecule has 0 fully saturated rings. The second kappa shape index (κ2) is 6.79. The number of hydrogen-bond acceptors (Lipinski definition) is 4. The summed E-state index contributed by atoms with van der Waals surface area (Å²) in [6.07, 6.45) is 4.77. The van der Waals surface area contributed by atoms with E-state index < -0.39 is 11.9 Å². The lowest BCUT2D eigenvalue weighted by molar-refractivity contribution is -0.137. The van der Waals surface area contributed by atoms with Crippen molar-refractivity contribution in [2.24, 2.45) is 5.41 Å². The molecule has 0 N–H and O–H groups in total. The van der Waals surface area contributed by atoms with Gasteiger partial charge >= 0.3 is 11.9 Å². The zero-order valence-corrected chi connectivity index (χ0v) is 11.6. The molecule has 0 spiro atoms. The molecule has 0 bridgehead atoms. The van der Waals surface area contributed by atoms with Gasteiger partial charge in [-0.25, -0.2) is 4.79 Å². The Hall–Kier alpha value is -1.84. The van der Waals surface area contributed by atoms with Gasteiger partial charge in [-0.2, -0.15) is 0 Å². The van der Waals surface area contributed by atoms with Crippen molar-refractivity contribution in [3.8, 4) is 0 Å². The summed E-state index contributed by atoms with van der Waals surface area (Å²) >= 11 is 0. The van der Waals surface area contributed by atoms with Crippen LogP contribution in [-0.2, 0) is 19.1 Å². The summed E-state index contributed by atoms with van der Waals surface area (Å²) in [7, 11) is 1.26. The van der Waals surface area contributed by atoms with Crippen LogP contribution in [0, 0.1) is 5.41 Å². The molecule has 0 aromatic heterocycles. The smallest absolute Gasteiger partial charge is 0.334 e. The highest BCUT2D eigenvalue weighted by Crippen LogP contribution is 2.23. The third kappa shape index (κ3) is 6.03. The van der Waals surface area contributed by atoms with Crippen molar-refractivity contribution in [1.82, 2.24) is 0 Å². The van der Waals surface area contributed by atoms with E-state index in [1.54, 1.807) is 13.0 Å². The highest BCUT2D eigenvalue weighted by molar-refractivity contribution is 5.84. The fourth-order valence-electron chi connectivity index (χ4n) is 1.23. The van der Waals surface area contributed by atoms with Crippen LogP contribution >= 0.6 is 0 Å². The summed E-state index contributed by atoms with van der Waals surface area (Å²) in [5.74, 6) is -0.881. The van der Waals surface area contributed by atoms with Gasteiger partial charge in [-0.1, -0.05) is 26.0 Å². The summed E-state index contributed by atoms with van der Waals surface area (Å²) in [5.41, 5.74) is 0.403. The number of carbonyl (C=O) groups excluding carboxylic acids is 2. The first-order valence-electron chi connectivity index (χ1n) is 5.53. The second-order valence-corrected chi connectivity index (χ2v) is 4.48. The number of ether oxygens (including phenoxy) is 2. The molecule has 4 heteroatoms. The Morgan fingerprint density at radius 1 is 1.22 bits per heavy atom. The van der Waals surface area contributed by atoms with Crippen molar-refractivity contribution >= 4 is 11.9 Å². The van der Waals surface area contributed by atoms with Gasteiger partial charge in [0.25, 0.3) is 0 Å². The van der Waals surface area contributed by atoms with Gasteiger partial charge in [0.05, 0.1) is 13.2 Å². The molecule has 100 valence electrons. The minimum Gasteiger partial charge on any atom is -0.466 e. The van der Waals surface area contributed by atoms with Crippen LogP contribution in [-0.4, -0.2) is 19.0 Å². The Morgan fingerprint density at radius 3 is 2.17 bits per heavy atom. The predicted molar refractivity (Wildman–Crippen MR) is 69.6 cm³/mol. The largest absolute Gasteiger partial charge is 0.466 e. The lowest BCUT2D eigenvalue weighted by atomic mass is 9.91. The highest BCUT2D eigenvalue weighted by atomic mass is 16.5. The van der Waals surface area contributed by atoms with E-state index in [-0.39, 0.29) is 11.2 Å².